The minimum absolute atomic E-state index is 0.0834. The second-order valence-electron chi connectivity index (χ2n) is 3.00. The molecule has 0 aliphatic heterocycles. The lowest BCUT2D eigenvalue weighted by atomic mass is 9.98. The fourth-order valence-corrected chi connectivity index (χ4v) is 2.08. The first-order valence-corrected chi connectivity index (χ1v) is 5.70. The van der Waals surface area contributed by atoms with Gasteiger partial charge in [0.05, 0.1) is 6.10 Å². The Kier molecular flexibility index (Phi) is 2.62. The summed E-state index contributed by atoms with van der Waals surface area (Å²) >= 11 is 0. The molecule has 1 saturated carbocycles. The maximum Gasteiger partial charge on any atom is 0.325 e. The lowest BCUT2D eigenvalue weighted by Crippen LogP contribution is -2.14. The van der Waals surface area contributed by atoms with Gasteiger partial charge < -0.3 is 9.42 Å². The van der Waals surface area contributed by atoms with Crippen LogP contribution in [0.2, 0.25) is 0 Å². The van der Waals surface area contributed by atoms with Crippen molar-refractivity contribution < 1.29 is 15.4 Å². The van der Waals surface area contributed by atoms with Crippen LogP contribution in [0.25, 0.3) is 0 Å². The fraction of sp³-hybridized carbons (Fsp3) is 1.00. The van der Waals surface area contributed by atoms with Gasteiger partial charge in [0.15, 0.2) is 0 Å². The highest BCUT2D eigenvalue weighted by Gasteiger charge is 2.20. The molecule has 1 N–H and O–H groups in total. The van der Waals surface area contributed by atoms with Gasteiger partial charge in [-0.05, 0) is 12.8 Å². The van der Waals surface area contributed by atoms with Crippen molar-refractivity contribution in [2.75, 3.05) is 6.64 Å². The Morgan fingerprint density at radius 3 is 2.73 bits per heavy atom. The summed E-state index contributed by atoms with van der Waals surface area (Å²) in [6, 6.07) is 0. The SMILES string of the molecule is [2H]CP(=O)(O)OC1CCCCC1. The zero-order valence-corrected chi connectivity index (χ0v) is 7.43. The molecule has 0 radical (unpaired) electrons. The van der Waals surface area contributed by atoms with E-state index in [1.165, 1.54) is 6.42 Å². The average Bonchev–Trinajstić information content (AvgIpc) is 2.06. The monoisotopic (exact) mass is 179 g/mol. The van der Waals surface area contributed by atoms with Crippen molar-refractivity contribution in [1.29, 1.82) is 0 Å². The molecule has 1 aliphatic rings. The molecule has 1 fully saturated rings. The van der Waals surface area contributed by atoms with Gasteiger partial charge in [0.25, 0.3) is 0 Å². The second kappa shape index (κ2) is 3.70. The first-order chi connectivity index (χ1) is 5.64. The van der Waals surface area contributed by atoms with Crippen molar-refractivity contribution >= 4 is 7.60 Å². The van der Waals surface area contributed by atoms with E-state index in [1.807, 2.05) is 0 Å². The van der Waals surface area contributed by atoms with Crippen LogP contribution in [0, 0.1) is 0 Å². The summed E-state index contributed by atoms with van der Waals surface area (Å²) < 4.78 is 22.7. The van der Waals surface area contributed by atoms with Gasteiger partial charge in [0.1, 0.15) is 0 Å². The van der Waals surface area contributed by atoms with Gasteiger partial charge in [0, 0.05) is 8.01 Å². The Bertz CT molecular complexity index is 179. The van der Waals surface area contributed by atoms with Crippen LogP contribution in [0.4, 0.5) is 0 Å². The summed E-state index contributed by atoms with van der Waals surface area (Å²) in [5.74, 6) is 0. The van der Waals surface area contributed by atoms with Crippen LogP contribution in [0.15, 0.2) is 0 Å². The standard InChI is InChI=1S/C7H15O3P/c1-11(8,9)10-7-5-3-2-4-6-7/h7H,2-6H2,1H3,(H,8,9)/i1D. The summed E-state index contributed by atoms with van der Waals surface area (Å²) in [6.07, 6.45) is 4.98. The molecule has 3 nitrogen and oxygen atoms in total. The minimum atomic E-state index is -3.58. The quantitative estimate of drug-likeness (QED) is 0.660. The van der Waals surface area contributed by atoms with Crippen LogP contribution < -0.4 is 0 Å². The second-order valence-corrected chi connectivity index (χ2v) is 4.49. The van der Waals surface area contributed by atoms with Crippen LogP contribution in [-0.4, -0.2) is 17.6 Å². The Hall–Kier alpha value is 0.150. The molecule has 1 rings (SSSR count). The first-order valence-electron chi connectivity index (χ1n) is 4.64. The molecule has 11 heavy (non-hydrogen) atoms. The Labute approximate surface area is 68.7 Å². The zero-order valence-electron chi connectivity index (χ0n) is 7.53. The topological polar surface area (TPSA) is 46.5 Å². The van der Waals surface area contributed by atoms with E-state index in [0.717, 1.165) is 25.7 Å². The Morgan fingerprint density at radius 1 is 1.55 bits per heavy atom. The van der Waals surface area contributed by atoms with Crippen molar-refractivity contribution in [3.05, 3.63) is 0 Å². The molecule has 0 spiro atoms. The molecule has 0 bridgehead atoms. The van der Waals surface area contributed by atoms with Gasteiger partial charge in [-0.25, -0.2) is 0 Å². The third-order valence-corrected chi connectivity index (χ3v) is 2.49. The lowest BCUT2D eigenvalue weighted by molar-refractivity contribution is 0.137. The summed E-state index contributed by atoms with van der Waals surface area (Å²) in [6.45, 7) is -0.524. The molecule has 0 saturated heterocycles. The average molecular weight is 179 g/mol. The highest BCUT2D eigenvalue weighted by atomic mass is 31.2. The molecule has 0 aromatic rings. The first kappa shape index (κ1) is 7.78. The molecule has 0 amide bonds. The summed E-state index contributed by atoms with van der Waals surface area (Å²) in [7, 11) is -3.58. The molecule has 1 aliphatic carbocycles. The molecular formula is C7H15O3P. The predicted molar refractivity (Wildman–Crippen MR) is 43.7 cm³/mol. The van der Waals surface area contributed by atoms with Gasteiger partial charge in [0.2, 0.25) is 0 Å². The molecule has 0 aromatic heterocycles. The Morgan fingerprint density at radius 2 is 2.18 bits per heavy atom. The van der Waals surface area contributed by atoms with E-state index in [1.54, 1.807) is 0 Å². The number of hydrogen-bond donors (Lipinski definition) is 1. The zero-order chi connectivity index (χ0) is 9.03. The summed E-state index contributed by atoms with van der Waals surface area (Å²) in [4.78, 5) is 9.02. The van der Waals surface area contributed by atoms with Crippen molar-refractivity contribution in [1.82, 2.24) is 0 Å². The van der Waals surface area contributed by atoms with Crippen LogP contribution >= 0.6 is 7.60 Å². The van der Waals surface area contributed by atoms with Crippen LogP contribution in [-0.2, 0) is 9.09 Å². The van der Waals surface area contributed by atoms with E-state index in [9.17, 15) is 4.57 Å². The largest absolute Gasteiger partial charge is 0.325 e. The predicted octanol–water partition coefficient (Wildman–Crippen LogP) is 2.15. The smallest absolute Gasteiger partial charge is 0.324 e. The third-order valence-electron chi connectivity index (χ3n) is 1.87. The normalized spacial score (nSPS) is 27.5. The molecule has 0 heterocycles. The fourth-order valence-electron chi connectivity index (χ4n) is 1.40. The van der Waals surface area contributed by atoms with Crippen molar-refractivity contribution in [2.24, 2.45) is 0 Å². The van der Waals surface area contributed by atoms with Crippen molar-refractivity contribution in [3.8, 4) is 0 Å². The van der Waals surface area contributed by atoms with Gasteiger partial charge >= 0.3 is 7.60 Å². The number of rotatable bonds is 2. The van der Waals surface area contributed by atoms with E-state index in [-0.39, 0.29) is 6.10 Å². The molecule has 4 heteroatoms. The molecule has 66 valence electrons. The molecule has 1 atom stereocenters. The van der Waals surface area contributed by atoms with Gasteiger partial charge in [-0.2, -0.15) is 0 Å². The lowest BCUT2D eigenvalue weighted by Gasteiger charge is -2.22. The summed E-state index contributed by atoms with van der Waals surface area (Å²) in [5, 5.41) is 0. The number of hydrogen-bond acceptors (Lipinski definition) is 2. The maximum atomic E-state index is 11.0. The van der Waals surface area contributed by atoms with Crippen molar-refractivity contribution in [3.63, 3.8) is 0 Å². The third kappa shape index (κ3) is 3.90. The minimum Gasteiger partial charge on any atom is -0.324 e. The molecule has 1 unspecified atom stereocenters. The van der Waals surface area contributed by atoms with Crippen LogP contribution in [0.3, 0.4) is 0 Å². The van der Waals surface area contributed by atoms with Gasteiger partial charge in [-0.15, -0.1) is 0 Å². The van der Waals surface area contributed by atoms with Crippen molar-refractivity contribution in [2.45, 2.75) is 38.2 Å². The van der Waals surface area contributed by atoms with Gasteiger partial charge in [-0.3, -0.25) is 4.57 Å². The molecule has 0 aromatic carbocycles. The van der Waals surface area contributed by atoms with Crippen LogP contribution in [0.1, 0.15) is 33.5 Å². The highest BCUT2D eigenvalue weighted by molar-refractivity contribution is 7.51. The van der Waals surface area contributed by atoms with Gasteiger partial charge in [-0.1, -0.05) is 19.3 Å². The molecular weight excluding hydrogens is 163 g/mol. The van der Waals surface area contributed by atoms with E-state index in [2.05, 4.69) is 0 Å². The van der Waals surface area contributed by atoms with E-state index < -0.39 is 14.2 Å². The maximum absolute atomic E-state index is 11.0. The van der Waals surface area contributed by atoms with E-state index in [0.29, 0.717) is 0 Å². The summed E-state index contributed by atoms with van der Waals surface area (Å²) in [5.41, 5.74) is 0. The van der Waals surface area contributed by atoms with E-state index in [4.69, 9.17) is 10.8 Å². The highest BCUT2D eigenvalue weighted by Crippen LogP contribution is 2.41. The Balaban J connectivity index is 2.34. The van der Waals surface area contributed by atoms with Crippen LogP contribution in [0.5, 0.6) is 0 Å². The van der Waals surface area contributed by atoms with E-state index >= 15 is 0 Å².